The minimum Gasteiger partial charge on any atom is -0.457 e. The summed E-state index contributed by atoms with van der Waals surface area (Å²) in [6, 6.07) is 20.2. The quantitative estimate of drug-likeness (QED) is 0.121. The lowest BCUT2D eigenvalue weighted by atomic mass is 10.1. The third kappa shape index (κ3) is 7.81. The molecule has 0 spiro atoms. The molecule has 0 atom stereocenters. The zero-order chi connectivity index (χ0) is 34.9. The molecule has 1 amide bonds. The first-order valence-corrected chi connectivity index (χ1v) is 17.6. The number of carbonyl (C=O) groups is 1. The van der Waals surface area contributed by atoms with Gasteiger partial charge in [-0.25, -0.2) is 13.1 Å². The molecule has 1 fully saturated rings. The number of hydrogen-bond donors (Lipinski definition) is 1. The highest BCUT2D eigenvalue weighted by Crippen LogP contribution is 2.32. The van der Waals surface area contributed by atoms with Crippen LogP contribution in [-0.2, 0) is 27.1 Å². The number of nitro groups is 1. The van der Waals surface area contributed by atoms with E-state index in [2.05, 4.69) is 9.82 Å². The van der Waals surface area contributed by atoms with E-state index in [0.29, 0.717) is 64.4 Å². The van der Waals surface area contributed by atoms with Crippen LogP contribution in [0.25, 0.3) is 10.9 Å². The van der Waals surface area contributed by atoms with Gasteiger partial charge in [0.2, 0.25) is 10.0 Å². The van der Waals surface area contributed by atoms with E-state index >= 15 is 0 Å². The van der Waals surface area contributed by atoms with Gasteiger partial charge in [-0.2, -0.15) is 5.10 Å². The number of amides is 1. The van der Waals surface area contributed by atoms with Crippen LogP contribution in [0.3, 0.4) is 0 Å². The van der Waals surface area contributed by atoms with Crippen molar-refractivity contribution < 1.29 is 27.6 Å². The molecule has 6 rings (SSSR count). The van der Waals surface area contributed by atoms with Gasteiger partial charge in [0, 0.05) is 34.6 Å². The number of benzene rings is 4. The van der Waals surface area contributed by atoms with Crippen molar-refractivity contribution in [1.29, 1.82) is 0 Å². The molecule has 5 aromatic rings. The number of hydrogen-bond acceptors (Lipinski definition) is 9. The Labute approximate surface area is 292 Å². The Kier molecular flexibility index (Phi) is 9.79. The van der Waals surface area contributed by atoms with Crippen molar-refractivity contribution in [2.75, 3.05) is 31.2 Å². The maximum absolute atomic E-state index is 13.4. The van der Waals surface area contributed by atoms with Crippen molar-refractivity contribution in [3.05, 3.63) is 121 Å². The number of aryl methyl sites for hydroxylation is 2. The lowest BCUT2D eigenvalue weighted by Gasteiger charge is -2.28. The number of ether oxygens (including phenoxy) is 2. The molecule has 4 aromatic carbocycles. The Morgan fingerprint density at radius 3 is 2.31 bits per heavy atom. The Hall–Kier alpha value is -4.69. The highest BCUT2D eigenvalue weighted by molar-refractivity contribution is 7.89. The van der Waals surface area contributed by atoms with Crippen LogP contribution in [-0.4, -0.2) is 55.3 Å². The molecule has 0 radical (unpaired) electrons. The fourth-order valence-electron chi connectivity index (χ4n) is 5.70. The average Bonchev–Trinajstić information content (AvgIpc) is 3.41. The summed E-state index contributed by atoms with van der Waals surface area (Å²) in [6.45, 7) is 5.90. The molecule has 2 heterocycles. The van der Waals surface area contributed by atoms with Crippen molar-refractivity contribution in [2.24, 2.45) is 0 Å². The maximum Gasteiger partial charge on any atom is 0.292 e. The smallest absolute Gasteiger partial charge is 0.292 e. The van der Waals surface area contributed by atoms with Crippen molar-refractivity contribution in [3.8, 4) is 11.5 Å². The number of fused-ring (bicyclic) bond motifs is 1. The number of carbonyl (C=O) groups excluding carboxylic acids is 1. The zero-order valence-electron chi connectivity index (χ0n) is 26.5. The van der Waals surface area contributed by atoms with E-state index in [1.54, 1.807) is 22.9 Å². The predicted molar refractivity (Wildman–Crippen MR) is 188 cm³/mol. The van der Waals surface area contributed by atoms with Gasteiger partial charge in [0.1, 0.15) is 17.2 Å². The SMILES string of the molecule is Cc1cc(Oc2ccc(Cn3nc(C(=O)NS(=O)(=O)Cc4ccc(N5CCOCC5)c([N+](=O)[O-])c4)c4cc(Cl)ccc43)cc2)cc(C)c1Cl. The van der Waals surface area contributed by atoms with E-state index in [0.717, 1.165) is 16.7 Å². The van der Waals surface area contributed by atoms with E-state index < -0.39 is 26.6 Å². The predicted octanol–water partition coefficient (Wildman–Crippen LogP) is 6.81. The van der Waals surface area contributed by atoms with Gasteiger partial charge in [-0.3, -0.25) is 19.6 Å². The van der Waals surface area contributed by atoms with Crippen LogP contribution >= 0.6 is 23.2 Å². The van der Waals surface area contributed by atoms with E-state index in [-0.39, 0.29) is 23.5 Å². The number of rotatable bonds is 10. The number of sulfonamides is 1. The second kappa shape index (κ2) is 14.0. The zero-order valence-corrected chi connectivity index (χ0v) is 28.8. The van der Waals surface area contributed by atoms with Crippen LogP contribution in [0.1, 0.15) is 32.7 Å². The first-order chi connectivity index (χ1) is 23.4. The molecule has 1 saturated heterocycles. The van der Waals surface area contributed by atoms with E-state index in [4.69, 9.17) is 32.7 Å². The molecule has 0 saturated carbocycles. The lowest BCUT2D eigenvalue weighted by molar-refractivity contribution is -0.384. The third-order valence-corrected chi connectivity index (χ3v) is 10.1. The van der Waals surface area contributed by atoms with Gasteiger partial charge >= 0.3 is 0 Å². The van der Waals surface area contributed by atoms with Crippen LogP contribution in [0.2, 0.25) is 10.0 Å². The molecular weight excluding hydrogens is 693 g/mol. The number of morpholine rings is 1. The number of nitrogens with one attached hydrogen (secondary N) is 1. The van der Waals surface area contributed by atoms with Crippen molar-refractivity contribution in [1.82, 2.24) is 14.5 Å². The maximum atomic E-state index is 13.4. The molecule has 0 unspecified atom stereocenters. The molecule has 1 N–H and O–H groups in total. The van der Waals surface area contributed by atoms with E-state index in [1.165, 1.54) is 18.2 Å². The Bertz CT molecular complexity index is 2160. The molecular formula is C34H31Cl2N5O7S. The van der Waals surface area contributed by atoms with Gasteiger partial charge in [0.15, 0.2) is 5.69 Å². The van der Waals surface area contributed by atoms with Gasteiger partial charge in [-0.15, -0.1) is 0 Å². The average molecular weight is 725 g/mol. The van der Waals surface area contributed by atoms with Gasteiger partial charge < -0.3 is 14.4 Å². The normalized spacial score (nSPS) is 13.4. The molecule has 12 nitrogen and oxygen atoms in total. The van der Waals surface area contributed by atoms with Crippen molar-refractivity contribution in [3.63, 3.8) is 0 Å². The number of halogens is 2. The number of anilines is 1. The van der Waals surface area contributed by atoms with Gasteiger partial charge in [-0.05, 0) is 84.6 Å². The number of aromatic nitrogens is 2. The summed E-state index contributed by atoms with van der Waals surface area (Å²) in [4.78, 5) is 26.5. The molecule has 15 heteroatoms. The molecule has 1 aliphatic heterocycles. The summed E-state index contributed by atoms with van der Waals surface area (Å²) in [7, 11) is -4.29. The molecule has 49 heavy (non-hydrogen) atoms. The van der Waals surface area contributed by atoms with Gasteiger partial charge in [-0.1, -0.05) is 41.4 Å². The molecule has 254 valence electrons. The topological polar surface area (TPSA) is 146 Å². The first-order valence-electron chi connectivity index (χ1n) is 15.2. The van der Waals surface area contributed by atoms with Gasteiger partial charge in [0.25, 0.3) is 11.6 Å². The Morgan fingerprint density at radius 2 is 1.63 bits per heavy atom. The summed E-state index contributed by atoms with van der Waals surface area (Å²) in [5.41, 5.74) is 3.39. The summed E-state index contributed by atoms with van der Waals surface area (Å²) < 4.78 is 41.3. The molecule has 0 aliphatic carbocycles. The minimum atomic E-state index is -4.29. The lowest BCUT2D eigenvalue weighted by Crippen LogP contribution is -2.36. The van der Waals surface area contributed by atoms with E-state index in [1.807, 2.05) is 55.1 Å². The van der Waals surface area contributed by atoms with Crippen LogP contribution in [0.4, 0.5) is 11.4 Å². The monoisotopic (exact) mass is 723 g/mol. The van der Waals surface area contributed by atoms with Crippen LogP contribution < -0.4 is 14.4 Å². The highest BCUT2D eigenvalue weighted by Gasteiger charge is 2.26. The first kappa shape index (κ1) is 34.2. The third-order valence-electron chi connectivity index (χ3n) is 8.02. The minimum absolute atomic E-state index is 0.136. The summed E-state index contributed by atoms with van der Waals surface area (Å²) in [5.74, 6) is -0.335. The summed E-state index contributed by atoms with van der Waals surface area (Å²) in [6.07, 6.45) is 0. The number of nitrogens with zero attached hydrogens (tertiary/aromatic N) is 4. The van der Waals surface area contributed by atoms with Gasteiger partial charge in [0.05, 0.1) is 36.0 Å². The highest BCUT2D eigenvalue weighted by atomic mass is 35.5. The summed E-state index contributed by atoms with van der Waals surface area (Å²) >= 11 is 12.5. The Morgan fingerprint density at radius 1 is 0.959 bits per heavy atom. The standard InChI is InChI=1S/C34H31Cl2N5O7S/c1-21-15-27(16-22(2)32(21)36)48-26-7-3-23(4-8-26)19-40-29-10-6-25(35)18-28(29)33(37-40)34(42)38-49(45,46)20-24-5-9-30(31(17-24)41(43)44)39-11-13-47-14-12-39/h3-10,15-18H,11-14,19-20H2,1-2H3,(H,38,42). The van der Waals surface area contributed by atoms with Crippen LogP contribution in [0, 0.1) is 24.0 Å². The summed E-state index contributed by atoms with van der Waals surface area (Å²) in [5, 5.41) is 17.7. The fraction of sp³-hybridized carbons (Fsp3) is 0.235. The molecule has 1 aromatic heterocycles. The fourth-order valence-corrected chi connectivity index (χ4v) is 7.05. The molecule has 1 aliphatic rings. The van der Waals surface area contributed by atoms with Crippen LogP contribution in [0.5, 0.6) is 11.5 Å². The Balaban J connectivity index is 1.19. The van der Waals surface area contributed by atoms with Crippen molar-refractivity contribution >= 4 is 61.4 Å². The second-order valence-electron chi connectivity index (χ2n) is 11.7. The van der Waals surface area contributed by atoms with Crippen molar-refractivity contribution in [2.45, 2.75) is 26.1 Å². The van der Waals surface area contributed by atoms with Crippen LogP contribution in [0.15, 0.2) is 72.8 Å². The van der Waals surface area contributed by atoms with E-state index in [9.17, 15) is 23.3 Å². The largest absolute Gasteiger partial charge is 0.457 e. The molecule has 0 bridgehead atoms. The number of nitro benzene ring substituents is 1. The second-order valence-corrected chi connectivity index (χ2v) is 14.2.